The summed E-state index contributed by atoms with van der Waals surface area (Å²) in [5.74, 6) is 0.919. The normalized spacial score (nSPS) is 12.4. The Bertz CT molecular complexity index is 317. The summed E-state index contributed by atoms with van der Waals surface area (Å²) in [6, 6.07) is 7.97. The van der Waals surface area contributed by atoms with E-state index in [1.54, 1.807) is 0 Å². The minimum absolute atomic E-state index is 0.200. The highest BCUT2D eigenvalue weighted by Gasteiger charge is 2.03. The van der Waals surface area contributed by atoms with Crippen molar-refractivity contribution in [2.75, 3.05) is 13.1 Å². The second kappa shape index (κ2) is 8.54. The lowest BCUT2D eigenvalue weighted by atomic mass is 10.2. The van der Waals surface area contributed by atoms with Crippen LogP contribution >= 0.6 is 15.9 Å². The average Bonchev–Trinajstić information content (AvgIpc) is 2.29. The monoisotopic (exact) mass is 299 g/mol. The Morgan fingerprint density at radius 1 is 1.35 bits per heavy atom. The first-order valence-electron chi connectivity index (χ1n) is 6.35. The Hall–Kier alpha value is -0.540. The van der Waals surface area contributed by atoms with Crippen LogP contribution < -0.4 is 10.1 Å². The predicted octanol–water partition coefficient (Wildman–Crippen LogP) is 4.00. The van der Waals surface area contributed by atoms with Crippen LogP contribution in [-0.4, -0.2) is 19.2 Å². The van der Waals surface area contributed by atoms with Crippen LogP contribution in [0.2, 0.25) is 0 Å². The molecule has 0 amide bonds. The van der Waals surface area contributed by atoms with Crippen LogP contribution in [0.15, 0.2) is 28.7 Å². The van der Waals surface area contributed by atoms with Crippen molar-refractivity contribution in [1.29, 1.82) is 0 Å². The van der Waals surface area contributed by atoms with E-state index in [0.717, 1.165) is 23.3 Å². The number of ether oxygens (including phenoxy) is 1. The summed E-state index contributed by atoms with van der Waals surface area (Å²) >= 11 is 3.44. The van der Waals surface area contributed by atoms with Gasteiger partial charge in [-0.3, -0.25) is 0 Å². The molecule has 1 aromatic rings. The topological polar surface area (TPSA) is 21.3 Å². The highest BCUT2D eigenvalue weighted by molar-refractivity contribution is 9.10. The number of nitrogens with one attached hydrogen (secondary N) is 1. The zero-order valence-corrected chi connectivity index (χ0v) is 12.3. The molecule has 0 aliphatic heterocycles. The largest absolute Gasteiger partial charge is 0.489 e. The van der Waals surface area contributed by atoms with Crippen LogP contribution in [-0.2, 0) is 0 Å². The number of halogens is 1. The molecule has 1 N–H and O–H groups in total. The van der Waals surface area contributed by atoms with Crippen molar-refractivity contribution in [3.05, 3.63) is 28.7 Å². The summed E-state index contributed by atoms with van der Waals surface area (Å²) in [7, 11) is 0. The van der Waals surface area contributed by atoms with Crippen molar-refractivity contribution in [1.82, 2.24) is 5.32 Å². The average molecular weight is 300 g/mol. The second-order valence-electron chi connectivity index (χ2n) is 4.30. The fourth-order valence-corrected chi connectivity index (χ4v) is 2.00. The predicted molar refractivity (Wildman–Crippen MR) is 76.6 cm³/mol. The summed E-state index contributed by atoms with van der Waals surface area (Å²) in [5.41, 5.74) is 0. The standard InChI is InChI=1S/C14H22BrNO/c1-3-4-5-9-16-11-12(2)17-14-8-6-7-13(15)10-14/h6-8,10,12,16H,3-5,9,11H2,1-2H3. The van der Waals surface area contributed by atoms with Crippen LogP contribution in [0.3, 0.4) is 0 Å². The third-order valence-electron chi connectivity index (χ3n) is 2.52. The van der Waals surface area contributed by atoms with E-state index in [-0.39, 0.29) is 6.10 Å². The Balaban J connectivity index is 2.18. The molecule has 1 rings (SSSR count). The molecule has 3 heteroatoms. The van der Waals surface area contributed by atoms with Crippen LogP contribution in [0.1, 0.15) is 33.1 Å². The van der Waals surface area contributed by atoms with Gasteiger partial charge in [-0.25, -0.2) is 0 Å². The zero-order chi connectivity index (χ0) is 12.5. The molecule has 1 unspecified atom stereocenters. The molecule has 0 aromatic heterocycles. The quantitative estimate of drug-likeness (QED) is 0.733. The molecular weight excluding hydrogens is 278 g/mol. The molecule has 0 spiro atoms. The van der Waals surface area contributed by atoms with Gasteiger partial charge in [0.05, 0.1) is 0 Å². The maximum Gasteiger partial charge on any atom is 0.120 e. The highest BCUT2D eigenvalue weighted by Crippen LogP contribution is 2.18. The highest BCUT2D eigenvalue weighted by atomic mass is 79.9. The van der Waals surface area contributed by atoms with Crippen LogP contribution in [0.4, 0.5) is 0 Å². The van der Waals surface area contributed by atoms with Gasteiger partial charge in [0.2, 0.25) is 0 Å². The van der Waals surface area contributed by atoms with Crippen LogP contribution in [0.25, 0.3) is 0 Å². The number of rotatable bonds is 8. The molecule has 0 aliphatic carbocycles. The fraction of sp³-hybridized carbons (Fsp3) is 0.571. The van der Waals surface area contributed by atoms with Crippen molar-refractivity contribution >= 4 is 15.9 Å². The lowest BCUT2D eigenvalue weighted by Crippen LogP contribution is -2.29. The Morgan fingerprint density at radius 3 is 2.88 bits per heavy atom. The maximum absolute atomic E-state index is 5.81. The van der Waals surface area contributed by atoms with E-state index in [9.17, 15) is 0 Å². The SMILES string of the molecule is CCCCCNCC(C)Oc1cccc(Br)c1. The molecule has 0 saturated heterocycles. The minimum Gasteiger partial charge on any atom is -0.489 e. The molecule has 0 bridgehead atoms. The summed E-state index contributed by atoms with van der Waals surface area (Å²) in [6.45, 7) is 6.29. The molecule has 0 saturated carbocycles. The van der Waals surface area contributed by atoms with Gasteiger partial charge in [-0.15, -0.1) is 0 Å². The van der Waals surface area contributed by atoms with Crippen molar-refractivity contribution in [3.8, 4) is 5.75 Å². The van der Waals surface area contributed by atoms with Gasteiger partial charge in [-0.05, 0) is 38.1 Å². The van der Waals surface area contributed by atoms with Crippen LogP contribution in [0, 0.1) is 0 Å². The number of hydrogen-bond donors (Lipinski definition) is 1. The van der Waals surface area contributed by atoms with Gasteiger partial charge >= 0.3 is 0 Å². The third kappa shape index (κ3) is 6.69. The van der Waals surface area contributed by atoms with E-state index in [2.05, 4.69) is 35.1 Å². The summed E-state index contributed by atoms with van der Waals surface area (Å²) in [6.07, 6.45) is 4.02. The number of unbranched alkanes of at least 4 members (excludes halogenated alkanes) is 2. The fourth-order valence-electron chi connectivity index (χ4n) is 1.62. The zero-order valence-electron chi connectivity index (χ0n) is 10.7. The molecule has 96 valence electrons. The molecule has 0 aliphatic rings. The summed E-state index contributed by atoms with van der Waals surface area (Å²) in [4.78, 5) is 0. The molecule has 2 nitrogen and oxygen atoms in total. The van der Waals surface area contributed by atoms with Gasteiger partial charge in [-0.1, -0.05) is 41.8 Å². The number of benzene rings is 1. The van der Waals surface area contributed by atoms with Gasteiger partial charge in [0.15, 0.2) is 0 Å². The lowest BCUT2D eigenvalue weighted by molar-refractivity contribution is 0.217. The summed E-state index contributed by atoms with van der Waals surface area (Å²) < 4.78 is 6.86. The maximum atomic E-state index is 5.81. The first-order valence-corrected chi connectivity index (χ1v) is 7.14. The van der Waals surface area contributed by atoms with Crippen molar-refractivity contribution < 1.29 is 4.74 Å². The van der Waals surface area contributed by atoms with E-state index >= 15 is 0 Å². The van der Waals surface area contributed by atoms with E-state index in [4.69, 9.17) is 4.74 Å². The van der Waals surface area contributed by atoms with Crippen molar-refractivity contribution in [3.63, 3.8) is 0 Å². The number of hydrogen-bond acceptors (Lipinski definition) is 2. The van der Waals surface area contributed by atoms with Gasteiger partial charge in [0.1, 0.15) is 11.9 Å². The molecule has 0 fully saturated rings. The lowest BCUT2D eigenvalue weighted by Gasteiger charge is -2.15. The van der Waals surface area contributed by atoms with Crippen molar-refractivity contribution in [2.24, 2.45) is 0 Å². The van der Waals surface area contributed by atoms with Gasteiger partial charge < -0.3 is 10.1 Å². The summed E-state index contributed by atoms with van der Waals surface area (Å²) in [5, 5.41) is 3.42. The molecular formula is C14H22BrNO. The van der Waals surface area contributed by atoms with Gasteiger partial charge in [-0.2, -0.15) is 0 Å². The molecule has 0 radical (unpaired) electrons. The molecule has 1 aromatic carbocycles. The third-order valence-corrected chi connectivity index (χ3v) is 3.02. The van der Waals surface area contributed by atoms with Gasteiger partial charge in [0, 0.05) is 11.0 Å². The first-order chi connectivity index (χ1) is 8.22. The first kappa shape index (κ1) is 14.5. The van der Waals surface area contributed by atoms with E-state index in [1.807, 2.05) is 24.3 Å². The Morgan fingerprint density at radius 2 is 2.18 bits per heavy atom. The van der Waals surface area contributed by atoms with Gasteiger partial charge in [0.25, 0.3) is 0 Å². The van der Waals surface area contributed by atoms with Crippen LogP contribution in [0.5, 0.6) is 5.75 Å². The molecule has 0 heterocycles. The Kier molecular flexibility index (Phi) is 7.29. The smallest absolute Gasteiger partial charge is 0.120 e. The Labute approximate surface area is 113 Å². The van der Waals surface area contributed by atoms with E-state index in [0.29, 0.717) is 0 Å². The van der Waals surface area contributed by atoms with Crippen molar-refractivity contribution in [2.45, 2.75) is 39.2 Å². The van der Waals surface area contributed by atoms with E-state index in [1.165, 1.54) is 19.3 Å². The molecule has 1 atom stereocenters. The molecule has 17 heavy (non-hydrogen) atoms. The van der Waals surface area contributed by atoms with E-state index < -0.39 is 0 Å². The second-order valence-corrected chi connectivity index (χ2v) is 5.21. The minimum atomic E-state index is 0.200.